The molecule has 0 aromatic heterocycles. The highest BCUT2D eigenvalue weighted by atomic mass is 32.2. The van der Waals surface area contributed by atoms with E-state index in [1.165, 1.54) is 12.1 Å². The highest BCUT2D eigenvalue weighted by Crippen LogP contribution is 2.29. The highest BCUT2D eigenvalue weighted by molar-refractivity contribution is 7.94. The van der Waals surface area contributed by atoms with E-state index in [0.29, 0.717) is 12.0 Å². The molecule has 1 aromatic rings. The Morgan fingerprint density at radius 2 is 1.96 bits per heavy atom. The van der Waals surface area contributed by atoms with Gasteiger partial charge in [-0.1, -0.05) is 13.3 Å². The minimum absolute atomic E-state index is 0.0627. The topological polar surface area (TPSA) is 139 Å². The zero-order chi connectivity index (χ0) is 18.7. The van der Waals surface area contributed by atoms with Gasteiger partial charge in [-0.3, -0.25) is 4.79 Å². The maximum absolute atomic E-state index is 12.7. The van der Waals surface area contributed by atoms with Crippen LogP contribution >= 0.6 is 0 Å². The average molecular weight is 374 g/mol. The Morgan fingerprint density at radius 1 is 1.38 bits per heavy atom. The lowest BCUT2D eigenvalue weighted by Gasteiger charge is -2.20. The summed E-state index contributed by atoms with van der Waals surface area (Å²) in [6, 6.07) is 2.67. The van der Waals surface area contributed by atoms with Crippen molar-refractivity contribution in [2.45, 2.75) is 48.7 Å². The Hall–Kier alpha value is -1.58. The first-order valence-corrected chi connectivity index (χ1v) is 10.5. The zero-order valence-electron chi connectivity index (χ0n) is 14.2. The Labute approximate surface area is 145 Å². The molecule has 0 bridgehead atoms. The minimum atomic E-state index is -3.68. The number of carbonyl (C=O) groups is 1. The Kier molecular flexibility index (Phi) is 6.82. The van der Waals surface area contributed by atoms with E-state index in [-0.39, 0.29) is 20.6 Å². The van der Waals surface area contributed by atoms with Gasteiger partial charge in [-0.15, -0.1) is 0 Å². The van der Waals surface area contributed by atoms with Crippen LogP contribution in [0, 0.1) is 6.92 Å². The van der Waals surface area contributed by atoms with Gasteiger partial charge in [0.15, 0.2) is 20.7 Å². The van der Waals surface area contributed by atoms with E-state index in [9.17, 15) is 17.8 Å². The maximum Gasteiger partial charge on any atom is 0.280 e. The lowest BCUT2D eigenvalue weighted by molar-refractivity contribution is 0.100. The van der Waals surface area contributed by atoms with Crippen molar-refractivity contribution in [3.8, 4) is 0 Å². The fourth-order valence-electron chi connectivity index (χ4n) is 2.25. The van der Waals surface area contributed by atoms with Crippen molar-refractivity contribution in [1.82, 2.24) is 0 Å². The molecule has 7 nitrogen and oxygen atoms in total. The molecule has 2 atom stereocenters. The standard InChI is InChI=1S/C15H23N3O4S2/c1-5-6-10(3)23(20)12-7-9(2)11(14(19)18-15(16)17)8-13(12)24(4,21)22/h7-8,10H,5-6H2,1-4H3,(H4,16,17,18,19). The highest BCUT2D eigenvalue weighted by Gasteiger charge is 2.29. The van der Waals surface area contributed by atoms with Crippen molar-refractivity contribution in [2.24, 2.45) is 16.5 Å². The van der Waals surface area contributed by atoms with E-state index in [1.807, 2.05) is 6.92 Å². The molecular weight excluding hydrogens is 350 g/mol. The molecule has 0 saturated heterocycles. The smallest absolute Gasteiger partial charge is 0.280 e. The second kappa shape index (κ2) is 8.00. The molecule has 0 saturated carbocycles. The van der Waals surface area contributed by atoms with Gasteiger partial charge in [0.2, 0.25) is 0 Å². The quantitative estimate of drug-likeness (QED) is 0.435. The monoisotopic (exact) mass is 373 g/mol. The summed E-state index contributed by atoms with van der Waals surface area (Å²) in [7, 11) is -3.68. The van der Waals surface area contributed by atoms with Gasteiger partial charge >= 0.3 is 0 Å². The van der Waals surface area contributed by atoms with Gasteiger partial charge in [-0.05, 0) is 49.1 Å². The van der Waals surface area contributed by atoms with Crippen molar-refractivity contribution in [1.29, 1.82) is 0 Å². The van der Waals surface area contributed by atoms with Crippen LogP contribution in [0.1, 0.15) is 42.6 Å². The summed E-state index contributed by atoms with van der Waals surface area (Å²) in [6.45, 7) is 5.39. The third-order valence-electron chi connectivity index (χ3n) is 3.43. The third-order valence-corrected chi connectivity index (χ3v) is 6.43. The first-order valence-electron chi connectivity index (χ1n) is 7.38. The second-order valence-corrected chi connectivity index (χ2v) is 9.45. The number of rotatable bonds is 6. The molecule has 1 aromatic carbocycles. The Bertz CT molecular complexity index is 756. The fourth-order valence-corrected chi connectivity index (χ4v) is 5.14. The molecule has 1 amide bonds. The van der Waals surface area contributed by atoms with Crippen molar-refractivity contribution in [3.63, 3.8) is 0 Å². The Morgan fingerprint density at radius 3 is 2.42 bits per heavy atom. The average Bonchev–Trinajstić information content (AvgIpc) is 2.44. The van der Waals surface area contributed by atoms with Gasteiger partial charge in [0, 0.05) is 11.8 Å². The predicted octanol–water partition coefficient (Wildman–Crippen LogP) is 1.11. The van der Waals surface area contributed by atoms with E-state index >= 15 is 0 Å². The summed E-state index contributed by atoms with van der Waals surface area (Å²) in [5, 5.41) is -0.200. The summed E-state index contributed by atoms with van der Waals surface area (Å²) in [4.78, 5) is 15.6. The maximum atomic E-state index is 12.7. The zero-order valence-corrected chi connectivity index (χ0v) is 15.8. The van der Waals surface area contributed by atoms with E-state index in [1.54, 1.807) is 13.8 Å². The van der Waals surface area contributed by atoms with E-state index < -0.39 is 32.9 Å². The number of carbonyl (C=O) groups excluding carboxylic acids is 1. The van der Waals surface area contributed by atoms with Crippen molar-refractivity contribution in [3.05, 3.63) is 23.3 Å². The molecular formula is C15H23N3O4S2. The molecule has 2 unspecified atom stereocenters. The van der Waals surface area contributed by atoms with Crippen molar-refractivity contribution >= 4 is 32.9 Å². The first kappa shape index (κ1) is 20.5. The van der Waals surface area contributed by atoms with E-state index in [0.717, 1.165) is 12.7 Å². The summed E-state index contributed by atoms with van der Waals surface area (Å²) >= 11 is -1.50. The minimum Gasteiger partial charge on any atom is -0.611 e. The van der Waals surface area contributed by atoms with Crippen LogP contribution in [-0.4, -0.2) is 36.3 Å². The molecule has 0 radical (unpaired) electrons. The van der Waals surface area contributed by atoms with Crippen LogP contribution in [-0.2, 0) is 21.0 Å². The number of amides is 1. The number of hydrogen-bond donors (Lipinski definition) is 2. The number of hydrogen-bond acceptors (Lipinski definition) is 4. The Balaban J connectivity index is 3.55. The predicted molar refractivity (Wildman–Crippen MR) is 95.2 cm³/mol. The lowest BCUT2D eigenvalue weighted by Crippen LogP contribution is -2.25. The molecule has 0 fully saturated rings. The van der Waals surface area contributed by atoms with Crippen LogP contribution in [0.2, 0.25) is 0 Å². The largest absolute Gasteiger partial charge is 0.611 e. The number of nitrogens with zero attached hydrogens (tertiary/aromatic N) is 1. The molecule has 24 heavy (non-hydrogen) atoms. The van der Waals surface area contributed by atoms with Gasteiger partial charge < -0.3 is 16.0 Å². The molecule has 0 heterocycles. The summed E-state index contributed by atoms with van der Waals surface area (Å²) in [6.07, 6.45) is 2.54. The second-order valence-electron chi connectivity index (χ2n) is 5.62. The number of sulfone groups is 1. The molecule has 1 rings (SSSR count). The number of aryl methyl sites for hydroxylation is 1. The number of nitrogens with two attached hydrogens (primary N) is 2. The van der Waals surface area contributed by atoms with Crippen LogP contribution in [0.3, 0.4) is 0 Å². The molecule has 0 aliphatic rings. The lowest BCUT2D eigenvalue weighted by atomic mass is 10.1. The summed E-state index contributed by atoms with van der Waals surface area (Å²) in [5.41, 5.74) is 10.9. The van der Waals surface area contributed by atoms with Gasteiger partial charge in [-0.25, -0.2) is 8.42 Å². The van der Waals surface area contributed by atoms with Crippen LogP contribution in [0.4, 0.5) is 0 Å². The molecule has 0 aliphatic heterocycles. The molecule has 4 N–H and O–H groups in total. The first-order chi connectivity index (χ1) is 11.0. The number of aliphatic imine (C=N–C) groups is 1. The van der Waals surface area contributed by atoms with Crippen molar-refractivity contribution < 1.29 is 17.8 Å². The fraction of sp³-hybridized carbons (Fsp3) is 0.467. The van der Waals surface area contributed by atoms with Crippen LogP contribution in [0.25, 0.3) is 0 Å². The number of benzene rings is 1. The van der Waals surface area contributed by atoms with Crippen LogP contribution in [0.5, 0.6) is 0 Å². The van der Waals surface area contributed by atoms with Crippen LogP contribution in [0.15, 0.2) is 26.9 Å². The molecule has 9 heteroatoms. The molecule has 0 spiro atoms. The van der Waals surface area contributed by atoms with Gasteiger partial charge in [0.05, 0.1) is 0 Å². The normalized spacial score (nSPS) is 14.0. The van der Waals surface area contributed by atoms with Gasteiger partial charge in [0.1, 0.15) is 10.1 Å². The van der Waals surface area contributed by atoms with Crippen molar-refractivity contribution in [2.75, 3.05) is 6.26 Å². The SMILES string of the molecule is CCCC(C)[S+]([O-])c1cc(C)c(C(=O)N=C(N)N)cc1S(C)(=O)=O. The number of guanidine groups is 1. The summed E-state index contributed by atoms with van der Waals surface area (Å²) in [5.74, 6) is -1.15. The van der Waals surface area contributed by atoms with Crippen LogP contribution < -0.4 is 11.5 Å². The van der Waals surface area contributed by atoms with Gasteiger partial charge in [0.25, 0.3) is 5.91 Å². The summed E-state index contributed by atoms with van der Waals surface area (Å²) < 4.78 is 36.9. The third kappa shape index (κ3) is 4.96. The molecule has 0 aliphatic carbocycles. The molecule has 134 valence electrons. The van der Waals surface area contributed by atoms with E-state index in [2.05, 4.69) is 4.99 Å². The van der Waals surface area contributed by atoms with E-state index in [4.69, 9.17) is 11.5 Å². The van der Waals surface area contributed by atoms with Gasteiger partial charge in [-0.2, -0.15) is 4.99 Å².